The molecule has 0 heterocycles. The van der Waals surface area contributed by atoms with E-state index < -0.39 is 52.7 Å². The number of benzene rings is 2. The number of primary amides is 1. The van der Waals surface area contributed by atoms with Gasteiger partial charge in [0.25, 0.3) is 0 Å². The quantitative estimate of drug-likeness (QED) is 0.434. The minimum absolute atomic E-state index is 0.0194. The first kappa shape index (κ1) is 21.4. The Morgan fingerprint density at radius 2 is 1.73 bits per heavy atom. The van der Waals surface area contributed by atoms with Crippen molar-refractivity contribution in [3.63, 3.8) is 0 Å². The van der Waals surface area contributed by atoms with E-state index in [9.17, 15) is 34.8 Å². The number of phenols is 1. The van der Waals surface area contributed by atoms with Crippen molar-refractivity contribution < 1.29 is 34.8 Å². The van der Waals surface area contributed by atoms with Crippen LogP contribution < -0.4 is 5.73 Å². The van der Waals surface area contributed by atoms with E-state index >= 15 is 0 Å². The van der Waals surface area contributed by atoms with Crippen LogP contribution in [0, 0.1) is 17.8 Å². The number of carbonyl (C=O) groups is 3. The molecule has 0 bridgehead atoms. The third-order valence-electron chi connectivity index (χ3n) is 7.36. The molecule has 5 rings (SSSR count). The first-order valence-electron chi connectivity index (χ1n) is 10.8. The monoisotopic (exact) mass is 449 g/mol. The third-order valence-corrected chi connectivity index (χ3v) is 7.36. The van der Waals surface area contributed by atoms with Crippen LogP contribution in [0.3, 0.4) is 0 Å². The van der Waals surface area contributed by atoms with Crippen molar-refractivity contribution in [1.29, 1.82) is 0 Å². The molecule has 2 aromatic carbocycles. The fourth-order valence-corrected chi connectivity index (χ4v) is 5.82. The Kier molecular flexibility index (Phi) is 4.70. The Balaban J connectivity index is 1.68. The molecule has 5 atom stereocenters. The summed E-state index contributed by atoms with van der Waals surface area (Å²) in [6.07, 6.45) is -1.09. The third kappa shape index (κ3) is 2.87. The number of allylic oxidation sites excluding steroid dienone is 1. The molecule has 33 heavy (non-hydrogen) atoms. The normalized spacial score (nSPS) is 31.0. The first-order chi connectivity index (χ1) is 15.7. The van der Waals surface area contributed by atoms with E-state index in [1.54, 1.807) is 6.07 Å². The van der Waals surface area contributed by atoms with Gasteiger partial charge in [0.1, 0.15) is 17.4 Å². The summed E-state index contributed by atoms with van der Waals surface area (Å²) in [5.74, 6) is -7.08. The molecule has 0 aromatic heterocycles. The van der Waals surface area contributed by atoms with Crippen LogP contribution in [0.25, 0.3) is 11.1 Å². The van der Waals surface area contributed by atoms with Crippen molar-refractivity contribution in [1.82, 2.24) is 0 Å². The number of aliphatic hydroxyl groups is 3. The van der Waals surface area contributed by atoms with Crippen LogP contribution in [0.2, 0.25) is 0 Å². The highest BCUT2D eigenvalue weighted by atomic mass is 16.3. The summed E-state index contributed by atoms with van der Waals surface area (Å²) < 4.78 is 0. The highest BCUT2D eigenvalue weighted by molar-refractivity contribution is 6.16. The van der Waals surface area contributed by atoms with Gasteiger partial charge in [-0.2, -0.15) is 0 Å². The Bertz CT molecular complexity index is 1230. The van der Waals surface area contributed by atoms with Gasteiger partial charge in [0.2, 0.25) is 5.91 Å². The van der Waals surface area contributed by atoms with Crippen molar-refractivity contribution in [2.24, 2.45) is 23.5 Å². The van der Waals surface area contributed by atoms with Crippen LogP contribution in [0.5, 0.6) is 5.75 Å². The maximum Gasteiger partial charge on any atom is 0.230 e. The molecule has 1 saturated carbocycles. The van der Waals surface area contributed by atoms with Crippen LogP contribution in [0.1, 0.15) is 28.8 Å². The van der Waals surface area contributed by atoms with Gasteiger partial charge in [0.15, 0.2) is 17.2 Å². The maximum absolute atomic E-state index is 13.5. The van der Waals surface area contributed by atoms with E-state index in [4.69, 9.17) is 5.73 Å². The zero-order valence-corrected chi connectivity index (χ0v) is 17.6. The molecule has 8 heteroatoms. The van der Waals surface area contributed by atoms with E-state index in [0.717, 1.165) is 11.1 Å². The zero-order valence-electron chi connectivity index (χ0n) is 17.6. The van der Waals surface area contributed by atoms with Gasteiger partial charge >= 0.3 is 0 Å². The molecule has 1 amide bonds. The number of rotatable bonds is 2. The Morgan fingerprint density at radius 3 is 2.39 bits per heavy atom. The molecule has 1 fully saturated rings. The highest BCUT2D eigenvalue weighted by Crippen LogP contribution is 2.52. The molecule has 6 N–H and O–H groups in total. The molecular weight excluding hydrogens is 426 g/mol. The van der Waals surface area contributed by atoms with Crippen LogP contribution in [0.15, 0.2) is 53.8 Å². The van der Waals surface area contributed by atoms with Crippen molar-refractivity contribution in [3.8, 4) is 16.9 Å². The summed E-state index contributed by atoms with van der Waals surface area (Å²) in [4.78, 5) is 38.3. The first-order valence-corrected chi connectivity index (χ1v) is 10.8. The zero-order chi connectivity index (χ0) is 23.7. The fourth-order valence-electron chi connectivity index (χ4n) is 5.82. The van der Waals surface area contributed by atoms with E-state index in [2.05, 4.69) is 0 Å². The topological polar surface area (TPSA) is 158 Å². The lowest BCUT2D eigenvalue weighted by Gasteiger charge is -2.48. The summed E-state index contributed by atoms with van der Waals surface area (Å²) in [5, 5.41) is 43.2. The number of nitrogens with two attached hydrogens (primary N) is 1. The van der Waals surface area contributed by atoms with Gasteiger partial charge in [-0.25, -0.2) is 0 Å². The van der Waals surface area contributed by atoms with Crippen molar-refractivity contribution in [3.05, 3.63) is 64.9 Å². The van der Waals surface area contributed by atoms with E-state index in [-0.39, 0.29) is 36.1 Å². The van der Waals surface area contributed by atoms with E-state index in [0.29, 0.717) is 5.56 Å². The molecule has 170 valence electrons. The smallest absolute Gasteiger partial charge is 0.230 e. The molecule has 2 unspecified atom stereocenters. The predicted octanol–water partition coefficient (Wildman–Crippen LogP) is 1.41. The number of ketones is 2. The molecule has 0 saturated heterocycles. The van der Waals surface area contributed by atoms with Gasteiger partial charge < -0.3 is 26.2 Å². The molecule has 0 aliphatic heterocycles. The molecular formula is C25H23NO7. The van der Waals surface area contributed by atoms with Gasteiger partial charge in [-0.1, -0.05) is 36.4 Å². The summed E-state index contributed by atoms with van der Waals surface area (Å²) in [6, 6.07) is 12.5. The average molecular weight is 449 g/mol. The van der Waals surface area contributed by atoms with Crippen LogP contribution in [-0.2, 0) is 16.0 Å². The SMILES string of the molecule is NC(=O)C1C(=O)[C@@]2(O)C(O)=C3C(=O)c4c(O)ccc(-c5ccccc5)c4C[C@H]3C[C@H]2CC1O. The number of Topliss-reactive ketones (excluding diaryl/α,β-unsaturated/α-hetero) is 2. The maximum atomic E-state index is 13.5. The number of hydrogen-bond acceptors (Lipinski definition) is 7. The number of carbonyl (C=O) groups excluding carboxylic acids is 3. The summed E-state index contributed by atoms with van der Waals surface area (Å²) in [7, 11) is 0. The van der Waals surface area contributed by atoms with Gasteiger partial charge in [0, 0.05) is 11.5 Å². The molecule has 0 radical (unpaired) electrons. The summed E-state index contributed by atoms with van der Waals surface area (Å²) >= 11 is 0. The Morgan fingerprint density at radius 1 is 1.03 bits per heavy atom. The van der Waals surface area contributed by atoms with Gasteiger partial charge in [0.05, 0.1) is 11.7 Å². The standard InChI is InChI=1S/C25H23NO7/c26-24(32)20-17(28)10-13-8-12-9-15-14(11-4-2-1-3-5-11)6-7-16(27)19(15)21(29)18(12)22(30)25(13,33)23(20)31/h1-7,12-13,17,20,27-28,30,33H,8-10H2,(H2,26,32)/t12-,13+,17?,20?,25+/m1/s1. The van der Waals surface area contributed by atoms with Gasteiger partial charge in [-0.15, -0.1) is 0 Å². The highest BCUT2D eigenvalue weighted by Gasteiger charge is 2.62. The molecule has 3 aliphatic rings. The minimum atomic E-state index is -2.50. The Hall–Kier alpha value is -3.49. The molecule has 3 aliphatic carbocycles. The molecule has 2 aromatic rings. The predicted molar refractivity (Wildman–Crippen MR) is 116 cm³/mol. The van der Waals surface area contributed by atoms with Crippen LogP contribution in [0.4, 0.5) is 0 Å². The van der Waals surface area contributed by atoms with Gasteiger partial charge in [-0.05, 0) is 47.9 Å². The number of aromatic hydroxyl groups is 1. The molecule has 8 nitrogen and oxygen atoms in total. The Labute approximate surface area is 189 Å². The lowest BCUT2D eigenvalue weighted by Crippen LogP contribution is -2.63. The van der Waals surface area contributed by atoms with Crippen LogP contribution in [-0.4, -0.2) is 49.6 Å². The lowest BCUT2D eigenvalue weighted by atomic mass is 9.57. The summed E-state index contributed by atoms with van der Waals surface area (Å²) in [6.45, 7) is 0. The fraction of sp³-hybridized carbons (Fsp3) is 0.320. The average Bonchev–Trinajstić information content (AvgIpc) is 2.76. The van der Waals surface area contributed by atoms with Gasteiger partial charge in [-0.3, -0.25) is 14.4 Å². The second kappa shape index (κ2) is 7.26. The van der Waals surface area contributed by atoms with Crippen molar-refractivity contribution in [2.45, 2.75) is 31.0 Å². The minimum Gasteiger partial charge on any atom is -0.508 e. The number of phenolic OH excluding ortho intramolecular Hbond substituents is 1. The summed E-state index contributed by atoms with van der Waals surface area (Å²) in [5.41, 5.74) is 4.89. The van der Waals surface area contributed by atoms with E-state index in [1.807, 2.05) is 30.3 Å². The largest absolute Gasteiger partial charge is 0.508 e. The van der Waals surface area contributed by atoms with Crippen molar-refractivity contribution >= 4 is 17.5 Å². The molecule has 0 spiro atoms. The second-order valence-corrected chi connectivity index (χ2v) is 9.09. The number of aliphatic hydroxyl groups excluding tert-OH is 2. The second-order valence-electron chi connectivity index (χ2n) is 9.09. The number of hydrogen-bond donors (Lipinski definition) is 5. The van der Waals surface area contributed by atoms with Crippen molar-refractivity contribution in [2.75, 3.05) is 0 Å². The van der Waals surface area contributed by atoms with Crippen LogP contribution >= 0.6 is 0 Å². The van der Waals surface area contributed by atoms with E-state index in [1.165, 1.54) is 6.07 Å². The number of fused-ring (bicyclic) bond motifs is 3. The number of amides is 1. The lowest BCUT2D eigenvalue weighted by molar-refractivity contribution is -0.167.